The fraction of sp³-hybridized carbons (Fsp3) is 0.444. The van der Waals surface area contributed by atoms with Gasteiger partial charge in [-0.3, -0.25) is 4.98 Å². The van der Waals surface area contributed by atoms with Crippen LogP contribution < -0.4 is 5.48 Å². The van der Waals surface area contributed by atoms with Gasteiger partial charge in [-0.25, -0.2) is 0 Å². The fourth-order valence-corrected chi connectivity index (χ4v) is 1.35. The topological polar surface area (TPSA) is 34.1 Å². The highest BCUT2D eigenvalue weighted by Crippen LogP contribution is 2.07. The molecule has 2 heterocycles. The van der Waals surface area contributed by atoms with Crippen LogP contribution in [0.5, 0.6) is 0 Å². The quantitative estimate of drug-likeness (QED) is 0.705. The molecule has 0 bridgehead atoms. The molecule has 0 aromatic carbocycles. The van der Waals surface area contributed by atoms with Crippen molar-refractivity contribution in [2.45, 2.75) is 18.9 Å². The van der Waals surface area contributed by atoms with Gasteiger partial charge in [0, 0.05) is 24.4 Å². The third-order valence-corrected chi connectivity index (χ3v) is 2.00. The highest BCUT2D eigenvalue weighted by molar-refractivity contribution is 5.05. The van der Waals surface area contributed by atoms with Crippen LogP contribution in [0, 0.1) is 0 Å². The first-order valence-electron chi connectivity index (χ1n) is 4.22. The van der Waals surface area contributed by atoms with E-state index in [1.54, 1.807) is 0 Å². The van der Waals surface area contributed by atoms with Crippen molar-refractivity contribution in [2.24, 2.45) is 0 Å². The lowest BCUT2D eigenvalue weighted by atomic mass is 10.1. The van der Waals surface area contributed by atoms with Gasteiger partial charge in [-0.2, -0.15) is 5.48 Å². The third-order valence-electron chi connectivity index (χ3n) is 2.00. The summed E-state index contributed by atoms with van der Waals surface area (Å²) in [6.45, 7) is 0.817. The molecule has 0 aliphatic carbocycles. The Hall–Kier alpha value is -0.930. The molecule has 0 radical (unpaired) electrons. The van der Waals surface area contributed by atoms with Gasteiger partial charge >= 0.3 is 0 Å². The summed E-state index contributed by atoms with van der Waals surface area (Å²) in [7, 11) is 0. The van der Waals surface area contributed by atoms with E-state index in [-0.39, 0.29) is 0 Å². The van der Waals surface area contributed by atoms with Crippen LogP contribution in [0.15, 0.2) is 24.4 Å². The van der Waals surface area contributed by atoms with Gasteiger partial charge in [0.2, 0.25) is 0 Å². The van der Waals surface area contributed by atoms with E-state index in [2.05, 4.69) is 10.5 Å². The zero-order chi connectivity index (χ0) is 8.23. The maximum Gasteiger partial charge on any atom is 0.0698 e. The van der Waals surface area contributed by atoms with Gasteiger partial charge in [-0.1, -0.05) is 6.07 Å². The lowest BCUT2D eigenvalue weighted by Crippen LogP contribution is -2.22. The maximum absolute atomic E-state index is 5.05. The molecule has 1 aromatic rings. The number of hydrogen-bond donors (Lipinski definition) is 1. The first-order chi connectivity index (χ1) is 5.95. The van der Waals surface area contributed by atoms with Crippen LogP contribution in [0.2, 0.25) is 0 Å². The maximum atomic E-state index is 5.05. The SMILES string of the molecule is c1ccc(C[C@H]2CCON2)nc1. The van der Waals surface area contributed by atoms with Crippen molar-refractivity contribution in [3.05, 3.63) is 30.1 Å². The lowest BCUT2D eigenvalue weighted by Gasteiger charge is -2.06. The molecular formula is C9H12N2O. The van der Waals surface area contributed by atoms with Crippen molar-refractivity contribution in [1.82, 2.24) is 10.5 Å². The standard InChI is InChI=1S/C9H12N2O/c1-2-5-10-8(3-1)7-9-4-6-12-11-9/h1-3,5,9,11H,4,6-7H2/t9-/m1/s1. The fourth-order valence-electron chi connectivity index (χ4n) is 1.35. The van der Waals surface area contributed by atoms with E-state index in [9.17, 15) is 0 Å². The minimum absolute atomic E-state index is 0.444. The largest absolute Gasteiger partial charge is 0.301 e. The predicted octanol–water partition coefficient (Wildman–Crippen LogP) is 0.918. The molecule has 1 fully saturated rings. The van der Waals surface area contributed by atoms with Crippen LogP contribution >= 0.6 is 0 Å². The van der Waals surface area contributed by atoms with Gasteiger partial charge in [0.25, 0.3) is 0 Å². The summed E-state index contributed by atoms with van der Waals surface area (Å²) in [5.41, 5.74) is 4.09. The Labute approximate surface area is 71.7 Å². The summed E-state index contributed by atoms with van der Waals surface area (Å²) in [6.07, 6.45) is 3.86. The Balaban J connectivity index is 1.94. The minimum Gasteiger partial charge on any atom is -0.301 e. The van der Waals surface area contributed by atoms with Crippen molar-refractivity contribution in [3.8, 4) is 0 Å². The number of rotatable bonds is 2. The molecule has 3 nitrogen and oxygen atoms in total. The molecule has 1 atom stereocenters. The number of nitrogens with zero attached hydrogens (tertiary/aromatic N) is 1. The summed E-state index contributed by atoms with van der Waals surface area (Å²) in [5.74, 6) is 0. The van der Waals surface area contributed by atoms with E-state index in [1.165, 1.54) is 0 Å². The third kappa shape index (κ3) is 1.81. The van der Waals surface area contributed by atoms with Gasteiger partial charge in [-0.05, 0) is 18.6 Å². The molecule has 1 aliphatic rings. The normalized spacial score (nSPS) is 22.8. The Kier molecular flexibility index (Phi) is 2.34. The molecule has 1 N–H and O–H groups in total. The Bertz CT molecular complexity index is 232. The molecule has 0 saturated carbocycles. The van der Waals surface area contributed by atoms with Crippen molar-refractivity contribution in [1.29, 1.82) is 0 Å². The highest BCUT2D eigenvalue weighted by Gasteiger charge is 2.15. The molecule has 64 valence electrons. The average Bonchev–Trinajstić information content (AvgIpc) is 2.59. The average molecular weight is 164 g/mol. The lowest BCUT2D eigenvalue weighted by molar-refractivity contribution is 0.0881. The van der Waals surface area contributed by atoms with Gasteiger partial charge in [0.05, 0.1) is 6.61 Å². The second-order valence-electron chi connectivity index (χ2n) is 2.98. The van der Waals surface area contributed by atoms with Crippen LogP contribution in [0.4, 0.5) is 0 Å². The molecule has 3 heteroatoms. The molecular weight excluding hydrogens is 152 g/mol. The monoisotopic (exact) mass is 164 g/mol. The predicted molar refractivity (Wildman–Crippen MR) is 45.4 cm³/mol. The smallest absolute Gasteiger partial charge is 0.0698 e. The summed E-state index contributed by atoms with van der Waals surface area (Å²) >= 11 is 0. The van der Waals surface area contributed by atoms with Crippen molar-refractivity contribution < 1.29 is 4.84 Å². The Morgan fingerprint density at radius 3 is 3.25 bits per heavy atom. The van der Waals surface area contributed by atoms with E-state index in [0.717, 1.165) is 25.1 Å². The summed E-state index contributed by atoms with van der Waals surface area (Å²) < 4.78 is 0. The zero-order valence-electron chi connectivity index (χ0n) is 6.86. The summed E-state index contributed by atoms with van der Waals surface area (Å²) in [6, 6.07) is 6.43. The molecule has 1 saturated heterocycles. The number of pyridine rings is 1. The second-order valence-corrected chi connectivity index (χ2v) is 2.98. The van der Waals surface area contributed by atoms with Gasteiger partial charge in [-0.15, -0.1) is 0 Å². The zero-order valence-corrected chi connectivity index (χ0v) is 6.86. The second kappa shape index (κ2) is 3.65. The first kappa shape index (κ1) is 7.71. The summed E-state index contributed by atoms with van der Waals surface area (Å²) in [5, 5.41) is 0. The van der Waals surface area contributed by atoms with Crippen LogP contribution in [0.1, 0.15) is 12.1 Å². The molecule has 2 rings (SSSR count). The highest BCUT2D eigenvalue weighted by atomic mass is 16.7. The number of aromatic nitrogens is 1. The van der Waals surface area contributed by atoms with Crippen LogP contribution in [0.3, 0.4) is 0 Å². The van der Waals surface area contributed by atoms with Crippen molar-refractivity contribution >= 4 is 0 Å². The van der Waals surface area contributed by atoms with Crippen LogP contribution in [0.25, 0.3) is 0 Å². The van der Waals surface area contributed by atoms with Gasteiger partial charge in [0.15, 0.2) is 0 Å². The van der Waals surface area contributed by atoms with Crippen molar-refractivity contribution in [3.63, 3.8) is 0 Å². The van der Waals surface area contributed by atoms with Crippen LogP contribution in [-0.4, -0.2) is 17.6 Å². The van der Waals surface area contributed by atoms with Crippen LogP contribution in [-0.2, 0) is 11.3 Å². The molecule has 0 spiro atoms. The van der Waals surface area contributed by atoms with E-state index in [0.29, 0.717) is 6.04 Å². The molecule has 12 heavy (non-hydrogen) atoms. The Morgan fingerprint density at radius 1 is 1.58 bits per heavy atom. The number of nitrogens with one attached hydrogen (secondary N) is 1. The number of hydroxylamine groups is 1. The minimum atomic E-state index is 0.444. The molecule has 0 unspecified atom stereocenters. The van der Waals surface area contributed by atoms with Crippen molar-refractivity contribution in [2.75, 3.05) is 6.61 Å². The van der Waals surface area contributed by atoms with E-state index in [1.807, 2.05) is 24.4 Å². The first-order valence-corrected chi connectivity index (χ1v) is 4.22. The van der Waals surface area contributed by atoms with Gasteiger partial charge < -0.3 is 4.84 Å². The Morgan fingerprint density at radius 2 is 2.58 bits per heavy atom. The number of hydrogen-bond acceptors (Lipinski definition) is 3. The van der Waals surface area contributed by atoms with E-state index in [4.69, 9.17) is 4.84 Å². The molecule has 0 amide bonds. The van der Waals surface area contributed by atoms with E-state index < -0.39 is 0 Å². The molecule has 1 aliphatic heterocycles. The van der Waals surface area contributed by atoms with E-state index >= 15 is 0 Å². The summed E-state index contributed by atoms with van der Waals surface area (Å²) in [4.78, 5) is 9.30. The molecule has 1 aromatic heterocycles. The van der Waals surface area contributed by atoms with Gasteiger partial charge in [0.1, 0.15) is 0 Å².